The first-order valence-corrected chi connectivity index (χ1v) is 13.5. The molecule has 2 aromatic carbocycles. The molecule has 0 radical (unpaired) electrons. The number of hydrogen-bond acceptors (Lipinski definition) is 2. The van der Waals surface area contributed by atoms with Gasteiger partial charge in [0.05, 0.1) is 22.5 Å². The largest absolute Gasteiger partial charge is 2.00 e. The number of aromatic nitrogens is 2. The van der Waals surface area contributed by atoms with Crippen LogP contribution in [0.5, 0.6) is 0 Å². The molecule has 0 atom stereocenters. The van der Waals surface area contributed by atoms with E-state index in [1.54, 1.807) is 45.9 Å². The van der Waals surface area contributed by atoms with E-state index in [9.17, 15) is 0 Å². The number of fused-ring (bicyclic) bond motifs is 8. The summed E-state index contributed by atoms with van der Waals surface area (Å²) in [5, 5.41) is 0. The number of halogens is 6. The summed E-state index contributed by atoms with van der Waals surface area (Å²) in [6.07, 6.45) is 0. The van der Waals surface area contributed by atoms with Crippen LogP contribution in [0.1, 0.15) is 100 Å². The van der Waals surface area contributed by atoms with Crippen molar-refractivity contribution in [3.05, 3.63) is 128 Å². The molecule has 1 aliphatic rings. The number of hydrogen-bond donors (Lipinski definition) is 0. The monoisotopic (exact) mass is 775 g/mol. The fourth-order valence-corrected chi connectivity index (χ4v) is 5.79. The Morgan fingerprint density at radius 2 is 0.814 bits per heavy atom. The maximum absolute atomic E-state index is 15.5. The molecule has 0 fully saturated rings. The average Bonchev–Trinajstić information content (AvgIpc) is 2.87. The Morgan fingerprint density at radius 1 is 0.465 bits per heavy atom. The Morgan fingerprint density at radius 3 is 1.28 bits per heavy atom. The second kappa shape index (κ2) is 10.6. The normalized spacial score (nSPS) is 17.6. The van der Waals surface area contributed by atoms with Gasteiger partial charge in [-0.3, -0.25) is 22.5 Å². The van der Waals surface area contributed by atoms with Crippen molar-refractivity contribution in [1.82, 2.24) is 9.97 Å². The summed E-state index contributed by atoms with van der Waals surface area (Å²) in [5.41, 5.74) is -5.97. The average molecular weight is 776 g/mol. The van der Waals surface area contributed by atoms with Crippen LogP contribution in [0.2, 0.25) is 0 Å². The van der Waals surface area contributed by atoms with Gasteiger partial charge in [-0.05, 0) is 31.4 Å². The van der Waals surface area contributed by atoms with Gasteiger partial charge >= 0.3 is 21.1 Å². The third-order valence-electron chi connectivity index (χ3n) is 8.61. The summed E-state index contributed by atoms with van der Waals surface area (Å²) in [7, 11) is 0. The van der Waals surface area contributed by atoms with Crippen molar-refractivity contribution in [1.29, 1.82) is 0 Å². The van der Waals surface area contributed by atoms with E-state index in [1.165, 1.54) is 27.7 Å². The first-order valence-electron chi connectivity index (χ1n) is 13.5. The Kier molecular flexibility index (Phi) is 8.09. The molecule has 0 spiro atoms. The van der Waals surface area contributed by atoms with E-state index in [4.69, 9.17) is 4.98 Å². The van der Waals surface area contributed by atoms with Gasteiger partial charge in [0.1, 0.15) is 11.6 Å². The molecule has 0 unspecified atom stereocenters. The molecule has 9 heteroatoms. The summed E-state index contributed by atoms with van der Waals surface area (Å²) in [5.74, 6) is -5.89. The molecular formula is C34H30F6N2Pt. The van der Waals surface area contributed by atoms with Gasteiger partial charge in [-0.2, -0.15) is 12.1 Å². The zero-order chi connectivity index (χ0) is 31.2. The van der Waals surface area contributed by atoms with Crippen LogP contribution >= 0.6 is 0 Å². The van der Waals surface area contributed by atoms with Crippen LogP contribution in [0.4, 0.5) is 26.3 Å². The van der Waals surface area contributed by atoms with Crippen molar-refractivity contribution in [3.8, 4) is 0 Å². The minimum atomic E-state index is -1.59. The van der Waals surface area contributed by atoms with Gasteiger partial charge in [-0.15, -0.1) is 34.4 Å². The Hall–Kier alpha value is -2.99. The molecular weight excluding hydrogens is 745 g/mol. The zero-order valence-electron chi connectivity index (χ0n) is 24.9. The predicted octanol–water partition coefficient (Wildman–Crippen LogP) is 8.53. The van der Waals surface area contributed by atoms with Gasteiger partial charge in [0.15, 0.2) is 0 Å². The molecule has 3 heterocycles. The van der Waals surface area contributed by atoms with E-state index in [0.717, 1.165) is 0 Å². The van der Waals surface area contributed by atoms with Crippen LogP contribution in [0.15, 0.2) is 36.4 Å². The van der Waals surface area contributed by atoms with E-state index in [-0.39, 0.29) is 54.7 Å². The minimum absolute atomic E-state index is 0. The maximum Gasteiger partial charge on any atom is 2.00 e. The Balaban J connectivity index is 0.00000423. The van der Waals surface area contributed by atoms with E-state index in [0.29, 0.717) is 29.6 Å². The van der Waals surface area contributed by atoms with Gasteiger partial charge < -0.3 is 0 Å². The van der Waals surface area contributed by atoms with E-state index in [1.807, 2.05) is 0 Å². The number of benzene rings is 2. The molecule has 8 bridgehead atoms. The smallest absolute Gasteiger partial charge is 0.284 e. The van der Waals surface area contributed by atoms with Crippen molar-refractivity contribution in [2.45, 2.75) is 77.0 Å². The van der Waals surface area contributed by atoms with E-state index >= 15 is 26.3 Å². The number of nitrogens with zero attached hydrogens (tertiary/aromatic N) is 2. The fourth-order valence-electron chi connectivity index (χ4n) is 5.79. The Labute approximate surface area is 262 Å². The molecule has 43 heavy (non-hydrogen) atoms. The van der Waals surface area contributed by atoms with Gasteiger partial charge in [-0.1, -0.05) is 47.6 Å². The maximum atomic E-state index is 15.5. The predicted molar refractivity (Wildman–Crippen MR) is 147 cm³/mol. The van der Waals surface area contributed by atoms with Crippen LogP contribution in [-0.4, -0.2) is 9.97 Å². The first kappa shape index (κ1) is 32.9. The van der Waals surface area contributed by atoms with Crippen LogP contribution in [0, 0.1) is 47.0 Å². The minimum Gasteiger partial charge on any atom is -0.284 e. The molecule has 2 aromatic heterocycles. The first-order chi connectivity index (χ1) is 19.3. The van der Waals surface area contributed by atoms with Gasteiger partial charge in [0.25, 0.3) is 0 Å². The van der Waals surface area contributed by atoms with E-state index < -0.39 is 56.6 Å². The molecule has 4 aromatic rings. The Bertz CT molecular complexity index is 1640. The fraction of sp³-hybridized carbons (Fsp3) is 0.353. The zero-order valence-corrected chi connectivity index (χ0v) is 27.2. The molecule has 5 rings (SSSR count). The van der Waals surface area contributed by atoms with Crippen molar-refractivity contribution < 1.29 is 47.4 Å². The van der Waals surface area contributed by atoms with Gasteiger partial charge in [0, 0.05) is 45.9 Å². The van der Waals surface area contributed by atoms with Crippen LogP contribution in [0.3, 0.4) is 0 Å². The topological polar surface area (TPSA) is 25.8 Å². The SMILES string of the molecule is CC1(C)c2cccc(n2)C(C)(C)c2nc(c(F)cc2F)C(C)(C)c2[c-]c(c(F)cc2F)C(C)(C)c2[c-]c1c(F)cc2F.[Pt+2]. The molecule has 228 valence electrons. The summed E-state index contributed by atoms with van der Waals surface area (Å²) in [6.45, 7) is 12.6. The summed E-state index contributed by atoms with van der Waals surface area (Å²) in [6, 6.07) is 12.6. The quantitative estimate of drug-likeness (QED) is 0.132. The van der Waals surface area contributed by atoms with E-state index in [2.05, 4.69) is 17.1 Å². The summed E-state index contributed by atoms with van der Waals surface area (Å²) >= 11 is 0. The van der Waals surface area contributed by atoms with Crippen LogP contribution in [-0.2, 0) is 42.7 Å². The van der Waals surface area contributed by atoms with Crippen molar-refractivity contribution in [2.24, 2.45) is 0 Å². The standard InChI is InChI=1S/C34H30F6N2.Pt/c1-31(2)17-12-19(23(37)14-21(17)35)32(3,4)27-10-9-11-28(41-27)34(7,8)30-26(40)16-25(39)29(42-30)33(5,6)20-13-18(31)22(36)15-24(20)38;/h9-11,14-16H,1-8H3;/q-2;+2. The molecule has 0 N–H and O–H groups in total. The molecule has 0 saturated carbocycles. The summed E-state index contributed by atoms with van der Waals surface area (Å²) in [4.78, 5) is 9.16. The second-order valence-electron chi connectivity index (χ2n) is 13.0. The second-order valence-corrected chi connectivity index (χ2v) is 13.0. The van der Waals surface area contributed by atoms with Gasteiger partial charge in [0.2, 0.25) is 0 Å². The summed E-state index contributed by atoms with van der Waals surface area (Å²) < 4.78 is 92.8. The third kappa shape index (κ3) is 5.04. The third-order valence-corrected chi connectivity index (χ3v) is 8.61. The molecule has 1 aliphatic heterocycles. The number of rotatable bonds is 0. The van der Waals surface area contributed by atoms with Gasteiger partial charge in [-0.25, -0.2) is 13.8 Å². The molecule has 0 amide bonds. The molecule has 2 nitrogen and oxygen atoms in total. The number of pyridine rings is 2. The van der Waals surface area contributed by atoms with Crippen LogP contribution in [0.25, 0.3) is 0 Å². The van der Waals surface area contributed by atoms with Crippen LogP contribution < -0.4 is 0 Å². The van der Waals surface area contributed by atoms with Crippen molar-refractivity contribution in [3.63, 3.8) is 0 Å². The van der Waals surface area contributed by atoms with Crippen molar-refractivity contribution in [2.75, 3.05) is 0 Å². The molecule has 0 saturated heterocycles. The molecule has 0 aliphatic carbocycles. The van der Waals surface area contributed by atoms with Crippen molar-refractivity contribution >= 4 is 0 Å².